The summed E-state index contributed by atoms with van der Waals surface area (Å²) in [5.74, 6) is 0.652. The Hall–Kier alpha value is -3.10. The molecule has 2 aliphatic rings. The maximum atomic E-state index is 13.8. The van der Waals surface area contributed by atoms with Crippen LogP contribution in [0.15, 0.2) is 48.5 Å². The second-order valence-electron chi connectivity index (χ2n) is 11.6. The van der Waals surface area contributed by atoms with Gasteiger partial charge >= 0.3 is 0 Å². The molecule has 1 aromatic heterocycles. The Bertz CT molecular complexity index is 1370. The molecule has 1 saturated heterocycles. The molecule has 0 spiro atoms. The molecule has 0 radical (unpaired) electrons. The van der Waals surface area contributed by atoms with E-state index in [-0.39, 0.29) is 40.9 Å². The molecular formula is C31H38N4O3S. The van der Waals surface area contributed by atoms with E-state index in [9.17, 15) is 9.59 Å². The van der Waals surface area contributed by atoms with Crippen molar-refractivity contribution < 1.29 is 14.3 Å². The van der Waals surface area contributed by atoms with Gasteiger partial charge in [0.2, 0.25) is 11.8 Å². The van der Waals surface area contributed by atoms with Gasteiger partial charge in [-0.2, -0.15) is 5.10 Å². The van der Waals surface area contributed by atoms with Gasteiger partial charge in [-0.3, -0.25) is 14.5 Å². The van der Waals surface area contributed by atoms with E-state index in [1.165, 1.54) is 5.56 Å². The van der Waals surface area contributed by atoms with Gasteiger partial charge in [-0.15, -0.1) is 11.8 Å². The van der Waals surface area contributed by atoms with Gasteiger partial charge in [0, 0.05) is 24.1 Å². The molecule has 2 aromatic carbocycles. The van der Waals surface area contributed by atoms with Crippen LogP contribution in [0.1, 0.15) is 66.8 Å². The van der Waals surface area contributed by atoms with Crippen molar-refractivity contribution in [2.75, 3.05) is 30.3 Å². The van der Waals surface area contributed by atoms with E-state index < -0.39 is 0 Å². The van der Waals surface area contributed by atoms with Crippen molar-refractivity contribution in [1.29, 1.82) is 0 Å². The highest BCUT2D eigenvalue weighted by molar-refractivity contribution is 8.00. The third kappa shape index (κ3) is 5.92. The highest BCUT2D eigenvalue weighted by Gasteiger charge is 2.40. The molecule has 3 aromatic rings. The Labute approximate surface area is 235 Å². The second kappa shape index (κ2) is 11.2. The smallest absolute Gasteiger partial charge is 0.240 e. The van der Waals surface area contributed by atoms with E-state index in [4.69, 9.17) is 9.84 Å². The lowest BCUT2D eigenvalue weighted by Gasteiger charge is -2.25. The van der Waals surface area contributed by atoms with Crippen LogP contribution in [-0.4, -0.2) is 53.1 Å². The van der Waals surface area contributed by atoms with Gasteiger partial charge in [0.25, 0.3) is 0 Å². The van der Waals surface area contributed by atoms with Crippen molar-refractivity contribution in [2.24, 2.45) is 0 Å². The molecule has 5 rings (SSSR count). The number of thioether (sulfide) groups is 1. The first-order valence-corrected chi connectivity index (χ1v) is 14.7. The number of fused-ring (bicyclic) bond motifs is 1. The van der Waals surface area contributed by atoms with Crippen LogP contribution in [0.5, 0.6) is 0 Å². The van der Waals surface area contributed by atoms with Crippen LogP contribution < -0.4 is 10.2 Å². The minimum Gasteiger partial charge on any atom is -0.376 e. The first-order chi connectivity index (χ1) is 18.6. The quantitative estimate of drug-likeness (QED) is 0.457. The lowest BCUT2D eigenvalue weighted by Crippen LogP contribution is -2.44. The van der Waals surface area contributed by atoms with Crippen molar-refractivity contribution in [3.05, 3.63) is 76.5 Å². The number of benzene rings is 2. The minimum atomic E-state index is -0.289. The largest absolute Gasteiger partial charge is 0.376 e. The number of amides is 2. The molecular weight excluding hydrogens is 508 g/mol. The van der Waals surface area contributed by atoms with E-state index in [0.29, 0.717) is 12.4 Å². The number of nitrogens with one attached hydrogen (secondary N) is 1. The first-order valence-electron chi connectivity index (χ1n) is 13.7. The van der Waals surface area contributed by atoms with Gasteiger partial charge in [-0.1, -0.05) is 62.7 Å². The highest BCUT2D eigenvalue weighted by Crippen LogP contribution is 2.48. The number of anilines is 1. The molecule has 1 N–H and O–H groups in total. The van der Waals surface area contributed by atoms with E-state index in [0.717, 1.165) is 47.5 Å². The molecule has 0 bridgehead atoms. The fraction of sp³-hybridized carbons (Fsp3) is 0.452. The normalized spacial score (nSPS) is 19.6. The Morgan fingerprint density at radius 1 is 1.13 bits per heavy atom. The third-order valence-corrected chi connectivity index (χ3v) is 8.50. The Balaban J connectivity index is 1.65. The average molecular weight is 547 g/mol. The molecule has 0 saturated carbocycles. The number of aryl methyl sites for hydroxylation is 2. The van der Waals surface area contributed by atoms with Gasteiger partial charge in [-0.25, -0.2) is 4.68 Å². The second-order valence-corrected chi connectivity index (χ2v) is 12.7. The van der Waals surface area contributed by atoms with Crippen LogP contribution in [-0.2, 0) is 19.7 Å². The number of rotatable bonds is 6. The highest BCUT2D eigenvalue weighted by atomic mass is 32.2. The molecule has 3 heterocycles. The molecule has 8 heteroatoms. The number of hydrogen-bond donors (Lipinski definition) is 1. The number of carbonyl (C=O) groups is 2. The van der Waals surface area contributed by atoms with E-state index in [2.05, 4.69) is 63.3 Å². The van der Waals surface area contributed by atoms with Crippen molar-refractivity contribution in [2.45, 2.75) is 64.2 Å². The van der Waals surface area contributed by atoms with Gasteiger partial charge < -0.3 is 10.1 Å². The van der Waals surface area contributed by atoms with Crippen molar-refractivity contribution in [1.82, 2.24) is 15.1 Å². The van der Waals surface area contributed by atoms with Crippen molar-refractivity contribution in [3.63, 3.8) is 0 Å². The summed E-state index contributed by atoms with van der Waals surface area (Å²) in [7, 11) is 0. The number of aromatic nitrogens is 2. The summed E-state index contributed by atoms with van der Waals surface area (Å²) in [5.41, 5.74) is 5.90. The topological polar surface area (TPSA) is 76.5 Å². The zero-order valence-corrected chi connectivity index (χ0v) is 24.3. The van der Waals surface area contributed by atoms with Gasteiger partial charge in [0.1, 0.15) is 12.4 Å². The molecule has 2 atom stereocenters. The Kier molecular flexibility index (Phi) is 7.87. The maximum absolute atomic E-state index is 13.8. The summed E-state index contributed by atoms with van der Waals surface area (Å²) in [6.07, 6.45) is 1.99. The fourth-order valence-corrected chi connectivity index (χ4v) is 6.53. The predicted octanol–water partition coefficient (Wildman–Crippen LogP) is 5.25. The SMILES string of the molecule is Cc1cccc([C@H]2SCC(=O)N(CC(=O)NC[C@H]3CCCO3)c3c2c(C(C)(C)C)nn3-c2cccc(C)c2)c1. The molecule has 2 aliphatic heterocycles. The number of nitrogens with zero attached hydrogens (tertiary/aromatic N) is 3. The monoisotopic (exact) mass is 546 g/mol. The number of hydrogen-bond acceptors (Lipinski definition) is 5. The lowest BCUT2D eigenvalue weighted by atomic mass is 9.87. The first kappa shape index (κ1) is 27.5. The predicted molar refractivity (Wildman–Crippen MR) is 157 cm³/mol. The zero-order chi connectivity index (χ0) is 27.7. The Morgan fingerprint density at radius 2 is 1.87 bits per heavy atom. The third-order valence-electron chi connectivity index (χ3n) is 7.24. The number of ether oxygens (including phenoxy) is 1. The minimum absolute atomic E-state index is 0.0379. The molecule has 0 unspecified atom stereocenters. The van der Waals surface area contributed by atoms with Crippen LogP contribution in [0, 0.1) is 13.8 Å². The molecule has 7 nitrogen and oxygen atoms in total. The molecule has 39 heavy (non-hydrogen) atoms. The molecule has 0 aliphatic carbocycles. The summed E-state index contributed by atoms with van der Waals surface area (Å²) >= 11 is 1.61. The summed E-state index contributed by atoms with van der Waals surface area (Å²) < 4.78 is 7.56. The average Bonchev–Trinajstić information content (AvgIpc) is 3.52. The van der Waals surface area contributed by atoms with Crippen molar-refractivity contribution >= 4 is 29.4 Å². The standard InChI is InChI=1S/C31H38N4O3S/c1-20-9-6-11-22(15-20)28-27-29(31(3,4)5)33-35(23-12-7-10-21(2)16-23)30(27)34(26(37)19-39-28)18-25(36)32-17-24-13-8-14-38-24/h6-7,9-12,15-16,24,28H,8,13-14,17-19H2,1-5H3,(H,32,36)/t24-,28-/m1/s1. The zero-order valence-electron chi connectivity index (χ0n) is 23.5. The van der Waals surface area contributed by atoms with Gasteiger partial charge in [0.15, 0.2) is 0 Å². The summed E-state index contributed by atoms with van der Waals surface area (Å²) in [4.78, 5) is 28.7. The van der Waals surface area contributed by atoms with E-state index >= 15 is 0 Å². The van der Waals surface area contributed by atoms with E-state index in [1.54, 1.807) is 16.7 Å². The van der Waals surface area contributed by atoms with Crippen LogP contribution in [0.25, 0.3) is 5.69 Å². The van der Waals surface area contributed by atoms with Crippen LogP contribution in [0.3, 0.4) is 0 Å². The van der Waals surface area contributed by atoms with Crippen LogP contribution in [0.4, 0.5) is 5.82 Å². The van der Waals surface area contributed by atoms with Crippen molar-refractivity contribution in [3.8, 4) is 5.69 Å². The maximum Gasteiger partial charge on any atom is 0.240 e. The molecule has 1 fully saturated rings. The summed E-state index contributed by atoms with van der Waals surface area (Å²) in [6.45, 7) is 11.7. The fourth-order valence-electron chi connectivity index (χ4n) is 5.34. The molecule has 2 amide bonds. The Morgan fingerprint density at radius 3 is 2.54 bits per heavy atom. The van der Waals surface area contributed by atoms with Crippen LogP contribution in [0.2, 0.25) is 0 Å². The van der Waals surface area contributed by atoms with E-state index in [1.807, 2.05) is 29.8 Å². The van der Waals surface area contributed by atoms with Gasteiger partial charge in [-0.05, 0) is 49.9 Å². The van der Waals surface area contributed by atoms with Crippen LogP contribution >= 0.6 is 11.8 Å². The summed E-state index contributed by atoms with van der Waals surface area (Å²) in [6, 6.07) is 16.6. The lowest BCUT2D eigenvalue weighted by molar-refractivity contribution is -0.123. The molecule has 206 valence electrons. The number of carbonyl (C=O) groups excluding carboxylic acids is 2. The van der Waals surface area contributed by atoms with Gasteiger partial charge in [0.05, 0.1) is 28.5 Å². The summed E-state index contributed by atoms with van der Waals surface area (Å²) in [5, 5.41) is 8.08.